The molecule has 0 amide bonds. The summed E-state index contributed by atoms with van der Waals surface area (Å²) in [5.41, 5.74) is 0.739. The summed E-state index contributed by atoms with van der Waals surface area (Å²) in [5.74, 6) is 0.0742. The van der Waals surface area contributed by atoms with Gasteiger partial charge in [-0.25, -0.2) is 0 Å². The first-order valence-corrected chi connectivity index (χ1v) is 8.00. The zero-order valence-electron chi connectivity index (χ0n) is 12.8. The van der Waals surface area contributed by atoms with Crippen LogP contribution in [0.25, 0.3) is 0 Å². The van der Waals surface area contributed by atoms with Crippen LogP contribution in [0.5, 0.6) is 0 Å². The summed E-state index contributed by atoms with van der Waals surface area (Å²) in [6.07, 6.45) is 10.3. The van der Waals surface area contributed by atoms with E-state index in [-0.39, 0.29) is 12.4 Å². The van der Waals surface area contributed by atoms with Crippen LogP contribution >= 0.6 is 0 Å². The van der Waals surface area contributed by atoms with Crippen LogP contribution in [0.1, 0.15) is 68.6 Å². The molecule has 0 aliphatic rings. The van der Waals surface area contributed by atoms with Gasteiger partial charge in [-0.2, -0.15) is 0 Å². The average molecular weight is 276 g/mol. The number of rotatable bonds is 12. The maximum absolute atomic E-state index is 11.8. The molecular formula is C18H28O2. The number of hydrogen-bond acceptors (Lipinski definition) is 2. The fourth-order valence-corrected chi connectivity index (χ4v) is 2.21. The van der Waals surface area contributed by atoms with Crippen molar-refractivity contribution in [2.75, 3.05) is 13.2 Å². The van der Waals surface area contributed by atoms with Crippen molar-refractivity contribution in [1.29, 1.82) is 0 Å². The van der Waals surface area contributed by atoms with Crippen LogP contribution in [-0.4, -0.2) is 19.0 Å². The number of ketones is 1. The highest BCUT2D eigenvalue weighted by atomic mass is 16.5. The maximum atomic E-state index is 11.8. The topological polar surface area (TPSA) is 26.3 Å². The van der Waals surface area contributed by atoms with E-state index in [1.807, 2.05) is 30.3 Å². The van der Waals surface area contributed by atoms with Gasteiger partial charge >= 0.3 is 0 Å². The first-order chi connectivity index (χ1) is 9.84. The molecule has 112 valence electrons. The van der Waals surface area contributed by atoms with Crippen molar-refractivity contribution in [2.45, 2.75) is 58.3 Å². The fourth-order valence-electron chi connectivity index (χ4n) is 2.21. The number of carbonyl (C=O) groups is 1. The van der Waals surface area contributed by atoms with Gasteiger partial charge in [0, 0.05) is 12.2 Å². The van der Waals surface area contributed by atoms with Crippen LogP contribution < -0.4 is 0 Å². The Hall–Kier alpha value is -1.15. The van der Waals surface area contributed by atoms with E-state index in [1.54, 1.807) is 0 Å². The Morgan fingerprint density at radius 1 is 0.900 bits per heavy atom. The van der Waals surface area contributed by atoms with Gasteiger partial charge in [0.1, 0.15) is 6.61 Å². The van der Waals surface area contributed by atoms with Gasteiger partial charge in [0.2, 0.25) is 0 Å². The van der Waals surface area contributed by atoms with Gasteiger partial charge in [-0.3, -0.25) is 4.79 Å². The van der Waals surface area contributed by atoms with E-state index in [0.717, 1.165) is 12.0 Å². The van der Waals surface area contributed by atoms with Crippen molar-refractivity contribution < 1.29 is 9.53 Å². The zero-order chi connectivity index (χ0) is 14.5. The Kier molecular flexibility index (Phi) is 9.85. The van der Waals surface area contributed by atoms with Crippen LogP contribution in [-0.2, 0) is 4.74 Å². The van der Waals surface area contributed by atoms with E-state index in [4.69, 9.17) is 4.74 Å². The quantitative estimate of drug-likeness (QED) is 0.395. The second kappa shape index (κ2) is 11.7. The van der Waals surface area contributed by atoms with Crippen molar-refractivity contribution in [3.63, 3.8) is 0 Å². The Morgan fingerprint density at radius 3 is 2.15 bits per heavy atom. The van der Waals surface area contributed by atoms with Crippen molar-refractivity contribution in [2.24, 2.45) is 0 Å². The van der Waals surface area contributed by atoms with Crippen LogP contribution in [0.2, 0.25) is 0 Å². The summed E-state index contributed by atoms with van der Waals surface area (Å²) >= 11 is 0. The van der Waals surface area contributed by atoms with Crippen molar-refractivity contribution >= 4 is 5.78 Å². The molecule has 0 aliphatic carbocycles. The number of benzene rings is 1. The minimum absolute atomic E-state index is 0.0742. The van der Waals surface area contributed by atoms with E-state index in [1.165, 1.54) is 44.9 Å². The monoisotopic (exact) mass is 276 g/mol. The number of Topliss-reactive ketones (excluding diaryl/α,β-unsaturated/α-hetero) is 1. The smallest absolute Gasteiger partial charge is 0.188 e. The number of unbranched alkanes of at least 4 members (excludes halogenated alkanes) is 7. The van der Waals surface area contributed by atoms with E-state index in [0.29, 0.717) is 6.61 Å². The molecule has 0 radical (unpaired) electrons. The second-order valence-electron chi connectivity index (χ2n) is 5.32. The molecule has 0 saturated heterocycles. The molecule has 2 heteroatoms. The molecule has 0 heterocycles. The molecule has 0 spiro atoms. The Bertz CT molecular complexity index is 346. The molecule has 0 unspecified atom stereocenters. The predicted molar refractivity (Wildman–Crippen MR) is 84.2 cm³/mol. The molecule has 0 saturated carbocycles. The molecule has 0 N–H and O–H groups in total. The predicted octanol–water partition coefficient (Wildman–Crippen LogP) is 5.03. The minimum atomic E-state index is 0.0742. The molecule has 0 aliphatic heterocycles. The van der Waals surface area contributed by atoms with Crippen LogP contribution in [0, 0.1) is 0 Å². The van der Waals surface area contributed by atoms with Crippen LogP contribution in [0.4, 0.5) is 0 Å². The minimum Gasteiger partial charge on any atom is -0.373 e. The molecule has 0 fully saturated rings. The average Bonchev–Trinajstić information content (AvgIpc) is 2.50. The fraction of sp³-hybridized carbons (Fsp3) is 0.611. The number of carbonyl (C=O) groups excluding carboxylic acids is 1. The van der Waals surface area contributed by atoms with Gasteiger partial charge in [-0.05, 0) is 6.42 Å². The first-order valence-electron chi connectivity index (χ1n) is 8.00. The molecule has 1 aromatic carbocycles. The lowest BCUT2D eigenvalue weighted by atomic mass is 10.1. The normalized spacial score (nSPS) is 10.7. The highest BCUT2D eigenvalue weighted by molar-refractivity contribution is 5.96. The summed E-state index contributed by atoms with van der Waals surface area (Å²) in [7, 11) is 0. The van der Waals surface area contributed by atoms with E-state index in [2.05, 4.69) is 6.92 Å². The third-order valence-electron chi connectivity index (χ3n) is 3.47. The second-order valence-corrected chi connectivity index (χ2v) is 5.32. The summed E-state index contributed by atoms with van der Waals surface area (Å²) in [5, 5.41) is 0. The third-order valence-corrected chi connectivity index (χ3v) is 3.47. The highest BCUT2D eigenvalue weighted by Gasteiger charge is 2.04. The summed E-state index contributed by atoms with van der Waals surface area (Å²) in [4.78, 5) is 11.8. The summed E-state index contributed by atoms with van der Waals surface area (Å²) < 4.78 is 5.45. The molecule has 20 heavy (non-hydrogen) atoms. The van der Waals surface area contributed by atoms with Gasteiger partial charge < -0.3 is 4.74 Å². The lowest BCUT2D eigenvalue weighted by molar-refractivity contribution is 0.0752. The molecular weight excluding hydrogens is 248 g/mol. The molecule has 0 atom stereocenters. The van der Waals surface area contributed by atoms with Gasteiger partial charge in [0.15, 0.2) is 5.78 Å². The lowest BCUT2D eigenvalue weighted by Crippen LogP contribution is -2.09. The largest absolute Gasteiger partial charge is 0.373 e. The van der Waals surface area contributed by atoms with Crippen molar-refractivity contribution in [3.8, 4) is 0 Å². The number of hydrogen-bond donors (Lipinski definition) is 0. The Labute approximate surface area is 123 Å². The van der Waals surface area contributed by atoms with Crippen LogP contribution in [0.3, 0.4) is 0 Å². The number of ether oxygens (including phenoxy) is 1. The van der Waals surface area contributed by atoms with E-state index < -0.39 is 0 Å². The van der Waals surface area contributed by atoms with Gasteiger partial charge in [-0.15, -0.1) is 0 Å². The van der Waals surface area contributed by atoms with Gasteiger partial charge in [0.05, 0.1) is 0 Å². The van der Waals surface area contributed by atoms with E-state index in [9.17, 15) is 4.79 Å². The molecule has 0 aromatic heterocycles. The summed E-state index contributed by atoms with van der Waals surface area (Å²) in [6.45, 7) is 3.15. The maximum Gasteiger partial charge on any atom is 0.188 e. The molecule has 2 nitrogen and oxygen atoms in total. The Morgan fingerprint density at radius 2 is 1.50 bits per heavy atom. The SMILES string of the molecule is CCCCCCCCCCOCC(=O)c1ccccc1. The third kappa shape index (κ3) is 8.11. The van der Waals surface area contributed by atoms with Gasteiger partial charge in [0.25, 0.3) is 0 Å². The first kappa shape index (κ1) is 16.9. The van der Waals surface area contributed by atoms with E-state index >= 15 is 0 Å². The standard InChI is InChI=1S/C18H28O2/c1-2-3-4-5-6-7-8-12-15-20-16-18(19)17-13-10-9-11-14-17/h9-11,13-14H,2-8,12,15-16H2,1H3. The zero-order valence-corrected chi connectivity index (χ0v) is 12.8. The summed E-state index contributed by atoms with van der Waals surface area (Å²) in [6, 6.07) is 9.35. The van der Waals surface area contributed by atoms with Crippen molar-refractivity contribution in [3.05, 3.63) is 35.9 Å². The van der Waals surface area contributed by atoms with Gasteiger partial charge in [-0.1, -0.05) is 82.2 Å². The molecule has 1 aromatic rings. The molecule has 0 bridgehead atoms. The highest BCUT2D eigenvalue weighted by Crippen LogP contribution is 2.08. The van der Waals surface area contributed by atoms with Crippen LogP contribution in [0.15, 0.2) is 30.3 Å². The molecule has 1 rings (SSSR count). The lowest BCUT2D eigenvalue weighted by Gasteiger charge is -2.04. The Balaban J connectivity index is 1.91. The van der Waals surface area contributed by atoms with Crippen molar-refractivity contribution in [1.82, 2.24) is 0 Å².